The molecule has 1 aromatic heterocycles. The molecule has 1 aromatic carbocycles. The average molecular weight is 273 g/mol. The number of hydrogen-bond acceptors (Lipinski definition) is 5. The van der Waals surface area contributed by atoms with Gasteiger partial charge in [0.2, 0.25) is 0 Å². The zero-order valence-electron chi connectivity index (χ0n) is 12.0. The number of rotatable bonds is 6. The minimum absolute atomic E-state index is 0.582. The fourth-order valence-electron chi connectivity index (χ4n) is 1.72. The Hall–Kier alpha value is -2.30. The van der Waals surface area contributed by atoms with Gasteiger partial charge in [-0.3, -0.25) is 4.98 Å². The Labute approximate surface area is 119 Å². The number of hydrogen-bond donors (Lipinski definition) is 0. The van der Waals surface area contributed by atoms with Gasteiger partial charge in [-0.05, 0) is 31.2 Å². The van der Waals surface area contributed by atoms with Crippen LogP contribution in [0.25, 0.3) is 0 Å². The first kappa shape index (κ1) is 14.1. The molecule has 0 fully saturated rings. The van der Waals surface area contributed by atoms with Crippen molar-refractivity contribution in [1.82, 2.24) is 9.97 Å². The molecule has 0 bridgehead atoms. The summed E-state index contributed by atoms with van der Waals surface area (Å²) in [6.07, 6.45) is 3.49. The van der Waals surface area contributed by atoms with Crippen LogP contribution in [0.2, 0.25) is 0 Å². The largest absolute Gasteiger partial charge is 0.497 e. The number of aromatic nitrogens is 2. The Balaban J connectivity index is 1.82. The summed E-state index contributed by atoms with van der Waals surface area (Å²) in [7, 11) is 3.62. The van der Waals surface area contributed by atoms with Gasteiger partial charge in [0.15, 0.2) is 0 Å². The number of nitrogens with zero attached hydrogens (tertiary/aromatic N) is 3. The minimum atomic E-state index is 0.582. The molecule has 0 saturated heterocycles. The third-order valence-corrected chi connectivity index (χ3v) is 2.89. The molecule has 0 aliphatic heterocycles. The summed E-state index contributed by atoms with van der Waals surface area (Å²) in [4.78, 5) is 10.6. The van der Waals surface area contributed by atoms with Crippen LogP contribution in [0.4, 0.5) is 5.82 Å². The Morgan fingerprint density at radius 2 is 1.80 bits per heavy atom. The molecule has 2 aromatic rings. The maximum Gasteiger partial charge on any atom is 0.147 e. The Morgan fingerprint density at radius 3 is 2.45 bits per heavy atom. The first-order chi connectivity index (χ1) is 9.69. The Kier molecular flexibility index (Phi) is 4.76. The average Bonchev–Trinajstić information content (AvgIpc) is 2.48. The van der Waals surface area contributed by atoms with E-state index in [0.29, 0.717) is 6.61 Å². The first-order valence-corrected chi connectivity index (χ1v) is 6.45. The standard InChI is InChI=1S/C15H19N3O2/c1-12-10-16-11-15(17-12)18(2)8-9-20-14-6-4-13(19-3)5-7-14/h4-7,10-11H,8-9H2,1-3H3. The van der Waals surface area contributed by atoms with Gasteiger partial charge in [-0.15, -0.1) is 0 Å². The van der Waals surface area contributed by atoms with Crippen LogP contribution in [0, 0.1) is 6.92 Å². The van der Waals surface area contributed by atoms with E-state index in [9.17, 15) is 0 Å². The van der Waals surface area contributed by atoms with Gasteiger partial charge in [-0.25, -0.2) is 4.98 Å². The van der Waals surface area contributed by atoms with Crippen molar-refractivity contribution in [3.63, 3.8) is 0 Å². The van der Waals surface area contributed by atoms with E-state index in [0.717, 1.165) is 29.6 Å². The Bertz CT molecular complexity index is 543. The molecule has 0 saturated carbocycles. The van der Waals surface area contributed by atoms with E-state index in [-0.39, 0.29) is 0 Å². The molecule has 106 valence electrons. The highest BCUT2D eigenvalue weighted by Gasteiger charge is 2.03. The maximum atomic E-state index is 5.68. The van der Waals surface area contributed by atoms with E-state index in [1.54, 1.807) is 19.5 Å². The van der Waals surface area contributed by atoms with E-state index in [4.69, 9.17) is 9.47 Å². The van der Waals surface area contributed by atoms with Crippen molar-refractivity contribution in [2.75, 3.05) is 32.2 Å². The summed E-state index contributed by atoms with van der Waals surface area (Å²) in [6, 6.07) is 7.55. The lowest BCUT2D eigenvalue weighted by Crippen LogP contribution is -2.24. The van der Waals surface area contributed by atoms with Gasteiger partial charge >= 0.3 is 0 Å². The monoisotopic (exact) mass is 273 g/mol. The summed E-state index contributed by atoms with van der Waals surface area (Å²) in [6.45, 7) is 3.25. The van der Waals surface area contributed by atoms with Crippen molar-refractivity contribution in [2.24, 2.45) is 0 Å². The van der Waals surface area contributed by atoms with Crippen molar-refractivity contribution in [3.05, 3.63) is 42.4 Å². The third-order valence-electron chi connectivity index (χ3n) is 2.89. The van der Waals surface area contributed by atoms with Crippen LogP contribution >= 0.6 is 0 Å². The van der Waals surface area contributed by atoms with E-state index < -0.39 is 0 Å². The van der Waals surface area contributed by atoms with Crippen molar-refractivity contribution in [1.29, 1.82) is 0 Å². The normalized spacial score (nSPS) is 10.2. The highest BCUT2D eigenvalue weighted by Crippen LogP contribution is 2.17. The van der Waals surface area contributed by atoms with Gasteiger partial charge in [0.05, 0.1) is 25.5 Å². The SMILES string of the molecule is COc1ccc(OCCN(C)c2cncc(C)n2)cc1. The molecule has 2 rings (SSSR count). The topological polar surface area (TPSA) is 47.5 Å². The van der Waals surface area contributed by atoms with Crippen LogP contribution < -0.4 is 14.4 Å². The van der Waals surface area contributed by atoms with Crippen LogP contribution in [-0.4, -0.2) is 37.3 Å². The molecule has 20 heavy (non-hydrogen) atoms. The highest BCUT2D eigenvalue weighted by molar-refractivity contribution is 5.35. The number of methoxy groups -OCH3 is 1. The van der Waals surface area contributed by atoms with E-state index in [1.807, 2.05) is 43.1 Å². The number of likely N-dealkylation sites (N-methyl/N-ethyl adjacent to an activating group) is 1. The lowest BCUT2D eigenvalue weighted by Gasteiger charge is -2.18. The minimum Gasteiger partial charge on any atom is -0.497 e. The van der Waals surface area contributed by atoms with Crippen molar-refractivity contribution in [3.8, 4) is 11.5 Å². The molecule has 0 aliphatic carbocycles. The second kappa shape index (κ2) is 6.75. The van der Waals surface area contributed by atoms with Crippen LogP contribution in [0.5, 0.6) is 11.5 Å². The number of aryl methyl sites for hydroxylation is 1. The lowest BCUT2D eigenvalue weighted by atomic mass is 10.3. The van der Waals surface area contributed by atoms with Crippen molar-refractivity contribution in [2.45, 2.75) is 6.92 Å². The Morgan fingerprint density at radius 1 is 1.10 bits per heavy atom. The lowest BCUT2D eigenvalue weighted by molar-refractivity contribution is 0.324. The second-order valence-electron chi connectivity index (χ2n) is 4.46. The molecule has 5 heteroatoms. The van der Waals surface area contributed by atoms with Crippen molar-refractivity contribution >= 4 is 5.82 Å². The smallest absolute Gasteiger partial charge is 0.147 e. The molecule has 0 aliphatic rings. The molecule has 0 unspecified atom stereocenters. The van der Waals surface area contributed by atoms with Crippen LogP contribution in [0.15, 0.2) is 36.7 Å². The van der Waals surface area contributed by atoms with Crippen LogP contribution in [-0.2, 0) is 0 Å². The third kappa shape index (κ3) is 3.85. The van der Waals surface area contributed by atoms with Gasteiger partial charge < -0.3 is 14.4 Å². The van der Waals surface area contributed by atoms with E-state index in [1.165, 1.54) is 0 Å². The molecule has 0 spiro atoms. The molecular formula is C15H19N3O2. The van der Waals surface area contributed by atoms with E-state index >= 15 is 0 Å². The van der Waals surface area contributed by atoms with Gasteiger partial charge in [-0.1, -0.05) is 0 Å². The van der Waals surface area contributed by atoms with Gasteiger partial charge in [0.25, 0.3) is 0 Å². The predicted molar refractivity (Wildman–Crippen MR) is 78.5 cm³/mol. The van der Waals surface area contributed by atoms with Crippen molar-refractivity contribution < 1.29 is 9.47 Å². The van der Waals surface area contributed by atoms with Crippen LogP contribution in [0.3, 0.4) is 0 Å². The van der Waals surface area contributed by atoms with Gasteiger partial charge in [-0.2, -0.15) is 0 Å². The van der Waals surface area contributed by atoms with Gasteiger partial charge in [0.1, 0.15) is 23.9 Å². The first-order valence-electron chi connectivity index (χ1n) is 6.45. The maximum absolute atomic E-state index is 5.68. The number of ether oxygens (including phenoxy) is 2. The summed E-state index contributed by atoms with van der Waals surface area (Å²) in [5.74, 6) is 2.50. The molecule has 1 heterocycles. The molecule has 5 nitrogen and oxygen atoms in total. The molecule has 0 N–H and O–H groups in total. The number of benzene rings is 1. The summed E-state index contributed by atoms with van der Waals surface area (Å²) in [5.41, 5.74) is 0.908. The zero-order chi connectivity index (χ0) is 14.4. The van der Waals surface area contributed by atoms with Gasteiger partial charge in [0, 0.05) is 13.2 Å². The van der Waals surface area contributed by atoms with E-state index in [2.05, 4.69) is 9.97 Å². The zero-order valence-corrected chi connectivity index (χ0v) is 12.0. The fraction of sp³-hybridized carbons (Fsp3) is 0.333. The molecular weight excluding hydrogens is 254 g/mol. The summed E-state index contributed by atoms with van der Waals surface area (Å²) in [5, 5.41) is 0. The fourth-order valence-corrected chi connectivity index (χ4v) is 1.72. The molecule has 0 radical (unpaired) electrons. The molecule has 0 atom stereocenters. The molecule has 0 amide bonds. The summed E-state index contributed by atoms with van der Waals surface area (Å²) < 4.78 is 10.8. The number of anilines is 1. The van der Waals surface area contributed by atoms with Crippen LogP contribution in [0.1, 0.15) is 5.69 Å². The second-order valence-corrected chi connectivity index (χ2v) is 4.46. The summed E-state index contributed by atoms with van der Waals surface area (Å²) >= 11 is 0. The predicted octanol–water partition coefficient (Wildman–Crippen LogP) is 2.31. The quantitative estimate of drug-likeness (QED) is 0.808. The highest BCUT2D eigenvalue weighted by atomic mass is 16.5.